The number of halogens is 5. The van der Waals surface area contributed by atoms with E-state index in [1.54, 1.807) is 0 Å². The third-order valence-corrected chi connectivity index (χ3v) is 7.50. The molecule has 1 aromatic heterocycles. The molecule has 1 atom stereocenters. The fraction of sp³-hybridized carbons (Fsp3) is 0.300. The molecule has 0 spiro atoms. The highest BCUT2D eigenvalue weighted by atomic mass is 35.5. The number of benzene rings is 2. The lowest BCUT2D eigenvalue weighted by molar-refractivity contribution is -0.137. The van der Waals surface area contributed by atoms with Crippen LogP contribution in [0.4, 0.5) is 17.6 Å². The third-order valence-electron chi connectivity index (χ3n) is 5.15. The molecule has 1 unspecified atom stereocenters. The van der Waals surface area contributed by atoms with Gasteiger partial charge in [0.05, 0.1) is 16.5 Å². The largest absolute Gasteiger partial charge is 0.416 e. The van der Waals surface area contributed by atoms with Crippen molar-refractivity contribution < 1.29 is 30.5 Å². The van der Waals surface area contributed by atoms with Gasteiger partial charge in [-0.1, -0.05) is 16.8 Å². The third kappa shape index (κ3) is 4.50. The molecule has 3 aromatic rings. The van der Waals surface area contributed by atoms with Gasteiger partial charge in [-0.2, -0.15) is 22.5 Å². The van der Waals surface area contributed by atoms with E-state index in [0.717, 1.165) is 16.4 Å². The summed E-state index contributed by atoms with van der Waals surface area (Å²) in [7, 11) is -4.30. The standard InChI is InChI=1S/C20H16ClF4N3O3S/c21-16-8-5-14(20(23,24)25)10-17(16)32(29,30)28-9-1-2-13(11-28)19-26-18(27-31-19)12-3-6-15(22)7-4-12/h3-8,10,13H,1-2,9,11H2. The van der Waals surface area contributed by atoms with Crippen LogP contribution < -0.4 is 0 Å². The number of rotatable bonds is 4. The summed E-state index contributed by atoms with van der Waals surface area (Å²) in [6, 6.07) is 7.66. The van der Waals surface area contributed by atoms with Crippen molar-refractivity contribution in [3.05, 3.63) is 64.8 Å². The van der Waals surface area contributed by atoms with E-state index >= 15 is 0 Å². The topological polar surface area (TPSA) is 76.3 Å². The van der Waals surface area contributed by atoms with Crippen LogP contribution in [0.25, 0.3) is 11.4 Å². The fourth-order valence-corrected chi connectivity index (χ4v) is 5.52. The minimum absolute atomic E-state index is 0.0556. The molecule has 0 amide bonds. The molecule has 2 aromatic carbocycles. The molecular formula is C20H16ClF4N3O3S. The van der Waals surface area contributed by atoms with Crippen LogP contribution in [0.2, 0.25) is 5.02 Å². The molecule has 1 aliphatic rings. The average molecular weight is 490 g/mol. The average Bonchev–Trinajstić information content (AvgIpc) is 3.24. The molecule has 32 heavy (non-hydrogen) atoms. The van der Waals surface area contributed by atoms with Gasteiger partial charge in [-0.05, 0) is 55.3 Å². The molecule has 6 nitrogen and oxygen atoms in total. The molecule has 12 heteroatoms. The summed E-state index contributed by atoms with van der Waals surface area (Å²) < 4.78 is 84.9. The normalized spacial score (nSPS) is 18.1. The first kappa shape index (κ1) is 22.7. The number of alkyl halides is 3. The van der Waals surface area contributed by atoms with Gasteiger partial charge in [-0.25, -0.2) is 12.8 Å². The summed E-state index contributed by atoms with van der Waals surface area (Å²) in [4.78, 5) is 3.69. The van der Waals surface area contributed by atoms with Crippen LogP contribution in [-0.4, -0.2) is 36.0 Å². The van der Waals surface area contributed by atoms with Gasteiger partial charge in [0.2, 0.25) is 21.7 Å². The minimum Gasteiger partial charge on any atom is -0.339 e. The van der Waals surface area contributed by atoms with Gasteiger partial charge >= 0.3 is 6.18 Å². The molecule has 0 bridgehead atoms. The molecule has 170 valence electrons. The lowest BCUT2D eigenvalue weighted by Gasteiger charge is -2.30. The van der Waals surface area contributed by atoms with E-state index < -0.39 is 38.4 Å². The summed E-state index contributed by atoms with van der Waals surface area (Å²) in [6.07, 6.45) is -3.72. The fourth-order valence-electron chi connectivity index (χ4n) is 3.50. The quantitative estimate of drug-likeness (QED) is 0.476. The van der Waals surface area contributed by atoms with Gasteiger partial charge in [-0.3, -0.25) is 0 Å². The van der Waals surface area contributed by atoms with Gasteiger partial charge in [0.15, 0.2) is 0 Å². The van der Waals surface area contributed by atoms with Gasteiger partial charge in [0.1, 0.15) is 10.7 Å². The maximum Gasteiger partial charge on any atom is 0.416 e. The number of aromatic nitrogens is 2. The number of nitrogens with zero attached hydrogens (tertiary/aromatic N) is 3. The van der Waals surface area contributed by atoms with Crippen LogP contribution in [0.3, 0.4) is 0 Å². The lowest BCUT2D eigenvalue weighted by Crippen LogP contribution is -2.39. The Balaban J connectivity index is 1.59. The number of sulfonamides is 1. The van der Waals surface area contributed by atoms with E-state index in [-0.39, 0.29) is 29.8 Å². The summed E-state index contributed by atoms with van der Waals surface area (Å²) in [5, 5.41) is 3.57. The second-order valence-corrected chi connectivity index (χ2v) is 9.62. The predicted molar refractivity (Wildman–Crippen MR) is 107 cm³/mol. The van der Waals surface area contributed by atoms with Crippen LogP contribution >= 0.6 is 11.6 Å². The summed E-state index contributed by atoms with van der Waals surface area (Å²) in [5.74, 6) is -0.455. The SMILES string of the molecule is O=S(=O)(c1cc(C(F)(F)F)ccc1Cl)N1CCCC(c2nc(-c3ccc(F)cc3)no2)C1. The van der Waals surface area contributed by atoms with Gasteiger partial charge in [0.25, 0.3) is 0 Å². The molecule has 0 aliphatic carbocycles. The summed E-state index contributed by atoms with van der Waals surface area (Å²) in [5.41, 5.74) is -0.577. The van der Waals surface area contributed by atoms with Crippen molar-refractivity contribution in [3.8, 4) is 11.4 Å². The smallest absolute Gasteiger partial charge is 0.339 e. The van der Waals surface area contributed by atoms with Gasteiger partial charge in [0, 0.05) is 18.7 Å². The van der Waals surface area contributed by atoms with Crippen molar-refractivity contribution in [1.82, 2.24) is 14.4 Å². The van der Waals surface area contributed by atoms with Crippen molar-refractivity contribution in [2.45, 2.75) is 29.8 Å². The predicted octanol–water partition coefficient (Wildman–Crippen LogP) is 5.12. The number of hydrogen-bond acceptors (Lipinski definition) is 5. The zero-order valence-electron chi connectivity index (χ0n) is 16.3. The van der Waals surface area contributed by atoms with Crippen molar-refractivity contribution in [2.75, 3.05) is 13.1 Å². The van der Waals surface area contributed by atoms with Gasteiger partial charge in [-0.15, -0.1) is 0 Å². The molecule has 0 N–H and O–H groups in total. The van der Waals surface area contributed by atoms with E-state index in [2.05, 4.69) is 10.1 Å². The van der Waals surface area contributed by atoms with Crippen LogP contribution in [0, 0.1) is 5.82 Å². The van der Waals surface area contributed by atoms with Crippen molar-refractivity contribution >= 4 is 21.6 Å². The molecular weight excluding hydrogens is 474 g/mol. The van der Waals surface area contributed by atoms with Crippen LogP contribution in [-0.2, 0) is 16.2 Å². The zero-order chi connectivity index (χ0) is 23.1. The first-order valence-corrected chi connectivity index (χ1v) is 11.3. The van der Waals surface area contributed by atoms with E-state index in [4.69, 9.17) is 16.1 Å². The molecule has 0 radical (unpaired) electrons. The number of piperidine rings is 1. The van der Waals surface area contributed by atoms with Crippen LogP contribution in [0.1, 0.15) is 30.2 Å². The highest BCUT2D eigenvalue weighted by Crippen LogP contribution is 2.36. The Morgan fingerprint density at radius 3 is 2.53 bits per heavy atom. The Morgan fingerprint density at radius 1 is 1.12 bits per heavy atom. The molecule has 1 saturated heterocycles. The lowest BCUT2D eigenvalue weighted by atomic mass is 10.00. The van der Waals surface area contributed by atoms with E-state index in [1.807, 2.05) is 0 Å². The first-order valence-electron chi connectivity index (χ1n) is 9.52. The monoisotopic (exact) mass is 489 g/mol. The Labute approximate surface area is 185 Å². The van der Waals surface area contributed by atoms with Crippen molar-refractivity contribution in [2.24, 2.45) is 0 Å². The Hall–Kier alpha value is -2.50. The second kappa shape index (κ2) is 8.45. The van der Waals surface area contributed by atoms with E-state index in [9.17, 15) is 26.0 Å². The highest BCUT2D eigenvalue weighted by Gasteiger charge is 2.37. The Morgan fingerprint density at radius 2 is 1.84 bits per heavy atom. The number of hydrogen-bond donors (Lipinski definition) is 0. The summed E-state index contributed by atoms with van der Waals surface area (Å²) in [6.45, 7) is 0.0598. The highest BCUT2D eigenvalue weighted by molar-refractivity contribution is 7.89. The second-order valence-electron chi connectivity index (χ2n) is 7.31. The molecule has 4 rings (SSSR count). The molecule has 0 saturated carbocycles. The van der Waals surface area contributed by atoms with Crippen LogP contribution in [0.5, 0.6) is 0 Å². The van der Waals surface area contributed by atoms with Crippen LogP contribution in [0.15, 0.2) is 51.9 Å². The minimum atomic E-state index is -4.71. The Bertz CT molecular complexity index is 1230. The van der Waals surface area contributed by atoms with Crippen molar-refractivity contribution in [1.29, 1.82) is 0 Å². The molecule has 2 heterocycles. The maximum atomic E-state index is 13.1. The van der Waals surface area contributed by atoms with Crippen molar-refractivity contribution in [3.63, 3.8) is 0 Å². The maximum absolute atomic E-state index is 13.1. The molecule has 1 fully saturated rings. The Kier molecular flexibility index (Phi) is 5.99. The van der Waals surface area contributed by atoms with Gasteiger partial charge < -0.3 is 4.52 Å². The first-order chi connectivity index (χ1) is 15.1. The zero-order valence-corrected chi connectivity index (χ0v) is 17.9. The molecule has 1 aliphatic heterocycles. The summed E-state index contributed by atoms with van der Waals surface area (Å²) >= 11 is 5.94. The van der Waals surface area contributed by atoms with E-state index in [0.29, 0.717) is 24.5 Å². The van der Waals surface area contributed by atoms with E-state index in [1.165, 1.54) is 24.3 Å².